The molecule has 0 unspecified atom stereocenters. The van der Waals surface area contributed by atoms with Gasteiger partial charge < -0.3 is 25.4 Å². The number of hydrogen-bond donors (Lipinski definition) is 3. The molecule has 7 heteroatoms. The molecule has 154 valence electrons. The molecule has 0 aliphatic carbocycles. The van der Waals surface area contributed by atoms with Crippen molar-refractivity contribution in [3.05, 3.63) is 66.7 Å². The summed E-state index contributed by atoms with van der Waals surface area (Å²) in [6.07, 6.45) is 2.41. The highest BCUT2D eigenvalue weighted by molar-refractivity contribution is 5.96. The number of anilines is 2. The molecule has 0 bridgehead atoms. The van der Waals surface area contributed by atoms with Gasteiger partial charge in [0, 0.05) is 43.3 Å². The van der Waals surface area contributed by atoms with E-state index in [1.165, 1.54) is 0 Å². The van der Waals surface area contributed by atoms with E-state index in [1.54, 1.807) is 55.7 Å². The smallest absolute Gasteiger partial charge is 0.251 e. The molecule has 0 aliphatic heterocycles. The van der Waals surface area contributed by atoms with Crippen molar-refractivity contribution in [3.63, 3.8) is 0 Å². The number of carbonyl (C=O) groups is 2. The number of hydrogen-bond acceptors (Lipinski definition) is 5. The van der Waals surface area contributed by atoms with Crippen molar-refractivity contribution >= 4 is 23.2 Å². The van der Waals surface area contributed by atoms with Crippen LogP contribution < -0.4 is 20.7 Å². The Morgan fingerprint density at radius 1 is 1.10 bits per heavy atom. The Balaban J connectivity index is 1.84. The Kier molecular flexibility index (Phi) is 9.24. The first-order valence-corrected chi connectivity index (χ1v) is 9.37. The van der Waals surface area contributed by atoms with Crippen molar-refractivity contribution in [2.75, 3.05) is 44.0 Å². The van der Waals surface area contributed by atoms with Gasteiger partial charge in [0.1, 0.15) is 12.4 Å². The monoisotopic (exact) mass is 397 g/mol. The number of amides is 2. The van der Waals surface area contributed by atoms with Crippen molar-refractivity contribution in [2.24, 2.45) is 0 Å². The summed E-state index contributed by atoms with van der Waals surface area (Å²) in [7, 11) is 1.63. The van der Waals surface area contributed by atoms with E-state index in [0.29, 0.717) is 42.4 Å². The molecule has 0 atom stereocenters. The first kappa shape index (κ1) is 22.0. The van der Waals surface area contributed by atoms with Gasteiger partial charge in [0.15, 0.2) is 0 Å². The highest BCUT2D eigenvalue weighted by atomic mass is 16.5. The molecular formula is C22H27N3O4. The van der Waals surface area contributed by atoms with Crippen LogP contribution >= 0.6 is 0 Å². The van der Waals surface area contributed by atoms with E-state index in [-0.39, 0.29) is 18.4 Å². The Bertz CT molecular complexity index is 823. The quantitative estimate of drug-likeness (QED) is 0.378. The highest BCUT2D eigenvalue weighted by Crippen LogP contribution is 2.17. The lowest BCUT2D eigenvalue weighted by molar-refractivity contribution is -0.114. The minimum Gasteiger partial charge on any atom is -0.489 e. The first-order chi connectivity index (χ1) is 14.1. The SMILES string of the molecule is C=CCOc1cccc(NC(=O)CNc2cccc(C(=O)NCCCOC)c2)c1. The molecule has 0 saturated heterocycles. The summed E-state index contributed by atoms with van der Waals surface area (Å²) in [6.45, 7) is 5.21. The van der Waals surface area contributed by atoms with Crippen LogP contribution in [0.2, 0.25) is 0 Å². The lowest BCUT2D eigenvalue weighted by atomic mass is 10.2. The maximum atomic E-state index is 12.2. The molecule has 0 spiro atoms. The molecule has 29 heavy (non-hydrogen) atoms. The van der Waals surface area contributed by atoms with Crippen LogP contribution in [0.15, 0.2) is 61.2 Å². The van der Waals surface area contributed by atoms with E-state index >= 15 is 0 Å². The summed E-state index contributed by atoms with van der Waals surface area (Å²) < 4.78 is 10.4. The van der Waals surface area contributed by atoms with Gasteiger partial charge in [-0.15, -0.1) is 0 Å². The maximum absolute atomic E-state index is 12.2. The summed E-state index contributed by atoms with van der Waals surface area (Å²) in [4.78, 5) is 24.4. The van der Waals surface area contributed by atoms with Crippen molar-refractivity contribution in [1.82, 2.24) is 5.32 Å². The average molecular weight is 397 g/mol. The lowest BCUT2D eigenvalue weighted by Crippen LogP contribution is -2.25. The van der Waals surface area contributed by atoms with E-state index in [4.69, 9.17) is 9.47 Å². The van der Waals surface area contributed by atoms with Crippen LogP contribution in [0.25, 0.3) is 0 Å². The minimum absolute atomic E-state index is 0.0661. The molecule has 0 heterocycles. The Labute approximate surface area is 171 Å². The topological polar surface area (TPSA) is 88.7 Å². The molecule has 0 aliphatic rings. The van der Waals surface area contributed by atoms with Gasteiger partial charge in [0.2, 0.25) is 5.91 Å². The van der Waals surface area contributed by atoms with Crippen molar-refractivity contribution in [1.29, 1.82) is 0 Å². The summed E-state index contributed by atoms with van der Waals surface area (Å²) in [5.41, 5.74) is 1.86. The fourth-order valence-corrected chi connectivity index (χ4v) is 2.50. The third-order valence-electron chi connectivity index (χ3n) is 3.87. The normalized spacial score (nSPS) is 10.1. The summed E-state index contributed by atoms with van der Waals surface area (Å²) in [5.74, 6) is 0.283. The van der Waals surface area contributed by atoms with Crippen molar-refractivity contribution in [2.45, 2.75) is 6.42 Å². The molecule has 3 N–H and O–H groups in total. The van der Waals surface area contributed by atoms with Crippen LogP contribution in [0.4, 0.5) is 11.4 Å². The second-order valence-electron chi connectivity index (χ2n) is 6.21. The summed E-state index contributed by atoms with van der Waals surface area (Å²) in [6, 6.07) is 14.2. The predicted octanol–water partition coefficient (Wildman–Crippen LogP) is 3.07. The molecule has 7 nitrogen and oxygen atoms in total. The molecule has 2 aromatic carbocycles. The number of ether oxygens (including phenoxy) is 2. The van der Waals surface area contributed by atoms with Gasteiger partial charge >= 0.3 is 0 Å². The number of nitrogens with one attached hydrogen (secondary N) is 3. The second-order valence-corrected chi connectivity index (χ2v) is 6.21. The Morgan fingerprint density at radius 3 is 2.69 bits per heavy atom. The fraction of sp³-hybridized carbons (Fsp3) is 0.273. The van der Waals surface area contributed by atoms with Crippen LogP contribution in [-0.4, -0.2) is 45.2 Å². The van der Waals surface area contributed by atoms with Gasteiger partial charge in [-0.25, -0.2) is 0 Å². The van der Waals surface area contributed by atoms with Crippen LogP contribution in [0, 0.1) is 0 Å². The van der Waals surface area contributed by atoms with E-state index in [1.807, 2.05) is 6.07 Å². The van der Waals surface area contributed by atoms with Crippen LogP contribution in [-0.2, 0) is 9.53 Å². The van der Waals surface area contributed by atoms with E-state index < -0.39 is 0 Å². The van der Waals surface area contributed by atoms with Crippen molar-refractivity contribution < 1.29 is 19.1 Å². The molecule has 2 rings (SSSR count). The van der Waals surface area contributed by atoms with Gasteiger partial charge in [0.25, 0.3) is 5.91 Å². The number of benzene rings is 2. The number of carbonyl (C=O) groups excluding carboxylic acids is 2. The van der Waals surface area contributed by atoms with Crippen LogP contribution in [0.5, 0.6) is 5.75 Å². The zero-order chi connectivity index (χ0) is 20.9. The third kappa shape index (κ3) is 8.06. The van der Waals surface area contributed by atoms with Gasteiger partial charge in [-0.2, -0.15) is 0 Å². The zero-order valence-corrected chi connectivity index (χ0v) is 16.6. The molecule has 2 aromatic rings. The van der Waals surface area contributed by atoms with E-state index in [0.717, 1.165) is 6.42 Å². The molecule has 0 fully saturated rings. The maximum Gasteiger partial charge on any atom is 0.251 e. The lowest BCUT2D eigenvalue weighted by Gasteiger charge is -2.10. The highest BCUT2D eigenvalue weighted by Gasteiger charge is 2.07. The molecule has 2 amide bonds. The summed E-state index contributed by atoms with van der Waals surface area (Å²) in [5, 5.41) is 8.67. The number of methoxy groups -OCH3 is 1. The van der Waals surface area contributed by atoms with Gasteiger partial charge in [-0.1, -0.05) is 24.8 Å². The first-order valence-electron chi connectivity index (χ1n) is 9.37. The van der Waals surface area contributed by atoms with Crippen LogP contribution in [0.3, 0.4) is 0 Å². The third-order valence-corrected chi connectivity index (χ3v) is 3.87. The molecule has 0 radical (unpaired) electrons. The fourth-order valence-electron chi connectivity index (χ4n) is 2.50. The van der Waals surface area contributed by atoms with E-state index in [2.05, 4.69) is 22.5 Å². The predicted molar refractivity (Wildman–Crippen MR) is 115 cm³/mol. The van der Waals surface area contributed by atoms with Gasteiger partial charge in [-0.3, -0.25) is 9.59 Å². The zero-order valence-electron chi connectivity index (χ0n) is 16.6. The van der Waals surface area contributed by atoms with Crippen LogP contribution in [0.1, 0.15) is 16.8 Å². The molecule has 0 aromatic heterocycles. The standard InChI is InChI=1S/C22H27N3O4/c1-3-12-29-20-10-5-9-19(15-20)25-21(26)16-24-18-8-4-7-17(14-18)22(27)23-11-6-13-28-2/h3-5,7-10,14-15,24H,1,6,11-13,16H2,2H3,(H,23,27)(H,25,26). The van der Waals surface area contributed by atoms with Gasteiger partial charge in [0.05, 0.1) is 6.54 Å². The van der Waals surface area contributed by atoms with Crippen molar-refractivity contribution in [3.8, 4) is 5.75 Å². The molecular weight excluding hydrogens is 370 g/mol. The molecule has 0 saturated carbocycles. The Hall–Kier alpha value is -3.32. The average Bonchev–Trinajstić information content (AvgIpc) is 2.74. The second kappa shape index (κ2) is 12.2. The Morgan fingerprint density at radius 2 is 1.90 bits per heavy atom. The largest absolute Gasteiger partial charge is 0.489 e. The number of rotatable bonds is 12. The van der Waals surface area contributed by atoms with Gasteiger partial charge in [-0.05, 0) is 36.8 Å². The van der Waals surface area contributed by atoms with E-state index in [9.17, 15) is 9.59 Å². The summed E-state index contributed by atoms with van der Waals surface area (Å²) >= 11 is 0. The minimum atomic E-state index is -0.208.